The number of allylic oxidation sites excluding steroid dienone is 1. The molecule has 0 unspecified atom stereocenters. The molecule has 1 nitrogen and oxygen atoms in total. The highest BCUT2D eigenvalue weighted by atomic mass is 35.6. The minimum Gasteiger partial charge on any atom is -0.392 e. The number of aliphatic hydroxyl groups is 1. The molecule has 0 aliphatic heterocycles. The quantitative estimate of drug-likeness (QED) is 0.496. The van der Waals surface area contributed by atoms with Crippen LogP contribution in [-0.2, 0) is 0 Å². The molecule has 0 saturated carbocycles. The summed E-state index contributed by atoms with van der Waals surface area (Å²) in [7, 11) is 0. The Kier molecular flexibility index (Phi) is 3.90. The van der Waals surface area contributed by atoms with E-state index in [4.69, 9.17) is 39.9 Å². The molecule has 0 saturated heterocycles. The van der Waals surface area contributed by atoms with Gasteiger partial charge in [-0.15, -0.1) is 0 Å². The monoisotopic (exact) mass is 188 g/mol. The molecule has 0 fully saturated rings. The summed E-state index contributed by atoms with van der Waals surface area (Å²) in [6.45, 7) is 1.61. The number of hydrogen-bond donors (Lipinski definition) is 1. The molecular formula is C5H7Cl3O. The molecule has 0 aliphatic carbocycles. The number of alkyl halides is 3. The standard InChI is InChI=1S/C5H7Cl3O/c1-4(3-9)2-5(6,7)8/h2,9H,3H2,1H3/b4-2+. The summed E-state index contributed by atoms with van der Waals surface area (Å²) in [4.78, 5) is 0. The van der Waals surface area contributed by atoms with E-state index in [9.17, 15) is 0 Å². The molecule has 0 aliphatic rings. The highest BCUT2D eigenvalue weighted by Crippen LogP contribution is 2.28. The minimum atomic E-state index is -1.38. The van der Waals surface area contributed by atoms with E-state index in [0.717, 1.165) is 0 Å². The van der Waals surface area contributed by atoms with Crippen LogP contribution in [0.4, 0.5) is 0 Å². The van der Waals surface area contributed by atoms with E-state index in [2.05, 4.69) is 0 Å². The van der Waals surface area contributed by atoms with Gasteiger partial charge in [0.15, 0.2) is 0 Å². The van der Waals surface area contributed by atoms with Crippen molar-refractivity contribution < 1.29 is 5.11 Å². The zero-order valence-electron chi connectivity index (χ0n) is 4.87. The van der Waals surface area contributed by atoms with Gasteiger partial charge in [-0.05, 0) is 18.6 Å². The highest BCUT2D eigenvalue weighted by Gasteiger charge is 2.14. The van der Waals surface area contributed by atoms with Crippen molar-refractivity contribution in [3.05, 3.63) is 11.6 Å². The van der Waals surface area contributed by atoms with Crippen molar-refractivity contribution in [3.63, 3.8) is 0 Å². The largest absolute Gasteiger partial charge is 0.392 e. The zero-order valence-corrected chi connectivity index (χ0v) is 7.13. The fraction of sp³-hybridized carbons (Fsp3) is 0.600. The maximum absolute atomic E-state index is 8.45. The van der Waals surface area contributed by atoms with Gasteiger partial charge in [0.25, 0.3) is 0 Å². The molecule has 0 heterocycles. The van der Waals surface area contributed by atoms with E-state index in [1.54, 1.807) is 6.92 Å². The molecule has 0 aromatic carbocycles. The fourth-order valence-electron chi connectivity index (χ4n) is 0.325. The maximum Gasteiger partial charge on any atom is 0.209 e. The first kappa shape index (κ1) is 9.57. The Morgan fingerprint density at radius 2 is 2.00 bits per heavy atom. The van der Waals surface area contributed by atoms with Crippen molar-refractivity contribution in [2.45, 2.75) is 10.7 Å². The molecule has 0 rings (SSSR count). The molecule has 9 heavy (non-hydrogen) atoms. The third kappa shape index (κ3) is 6.46. The van der Waals surface area contributed by atoms with Crippen LogP contribution in [0.15, 0.2) is 11.6 Å². The number of aliphatic hydroxyl groups excluding tert-OH is 1. The van der Waals surface area contributed by atoms with Crippen molar-refractivity contribution in [1.82, 2.24) is 0 Å². The normalized spacial score (nSPS) is 14.1. The lowest BCUT2D eigenvalue weighted by atomic mass is 10.3. The fourth-order valence-corrected chi connectivity index (χ4v) is 0.884. The van der Waals surface area contributed by atoms with Crippen molar-refractivity contribution in [2.75, 3.05) is 6.61 Å². The van der Waals surface area contributed by atoms with Gasteiger partial charge in [0.2, 0.25) is 3.79 Å². The van der Waals surface area contributed by atoms with Crippen LogP contribution in [0.25, 0.3) is 0 Å². The van der Waals surface area contributed by atoms with E-state index in [-0.39, 0.29) is 6.61 Å². The van der Waals surface area contributed by atoms with Crippen LogP contribution in [-0.4, -0.2) is 15.5 Å². The Morgan fingerprint density at radius 1 is 1.56 bits per heavy atom. The summed E-state index contributed by atoms with van der Waals surface area (Å²) < 4.78 is -1.38. The van der Waals surface area contributed by atoms with Crippen LogP contribution in [0.3, 0.4) is 0 Å². The summed E-state index contributed by atoms with van der Waals surface area (Å²) in [5, 5.41) is 8.45. The smallest absolute Gasteiger partial charge is 0.209 e. The minimum absolute atomic E-state index is 0.0755. The van der Waals surface area contributed by atoms with Gasteiger partial charge in [0, 0.05) is 0 Å². The van der Waals surface area contributed by atoms with Crippen molar-refractivity contribution in [2.24, 2.45) is 0 Å². The Morgan fingerprint density at radius 3 is 2.11 bits per heavy atom. The Bertz CT molecular complexity index is 114. The predicted octanol–water partition coefficient (Wildman–Crippen LogP) is 2.30. The first-order valence-electron chi connectivity index (χ1n) is 2.31. The highest BCUT2D eigenvalue weighted by molar-refractivity contribution is 6.68. The molecule has 0 atom stereocenters. The van der Waals surface area contributed by atoms with Gasteiger partial charge in [0.1, 0.15) is 0 Å². The van der Waals surface area contributed by atoms with E-state index in [1.807, 2.05) is 0 Å². The van der Waals surface area contributed by atoms with E-state index >= 15 is 0 Å². The van der Waals surface area contributed by atoms with Crippen molar-refractivity contribution in [1.29, 1.82) is 0 Å². The lowest BCUT2D eigenvalue weighted by Crippen LogP contribution is -1.98. The Labute approximate surface area is 69.2 Å². The van der Waals surface area contributed by atoms with Crippen LogP contribution < -0.4 is 0 Å². The predicted molar refractivity (Wildman–Crippen MR) is 41.1 cm³/mol. The molecule has 54 valence electrons. The number of halogens is 3. The van der Waals surface area contributed by atoms with Gasteiger partial charge >= 0.3 is 0 Å². The molecule has 0 aromatic heterocycles. The van der Waals surface area contributed by atoms with Gasteiger partial charge in [-0.1, -0.05) is 34.8 Å². The topological polar surface area (TPSA) is 20.2 Å². The second-order valence-electron chi connectivity index (χ2n) is 1.69. The molecule has 0 radical (unpaired) electrons. The lowest BCUT2D eigenvalue weighted by molar-refractivity contribution is 0.331. The average Bonchev–Trinajstić information content (AvgIpc) is 1.62. The number of hydrogen-bond acceptors (Lipinski definition) is 1. The van der Waals surface area contributed by atoms with Crippen molar-refractivity contribution in [3.8, 4) is 0 Å². The van der Waals surface area contributed by atoms with E-state index in [1.165, 1.54) is 6.08 Å². The van der Waals surface area contributed by atoms with Crippen LogP contribution >= 0.6 is 34.8 Å². The summed E-state index contributed by atoms with van der Waals surface area (Å²) >= 11 is 16.1. The third-order valence-electron chi connectivity index (χ3n) is 0.659. The van der Waals surface area contributed by atoms with Gasteiger partial charge in [0.05, 0.1) is 6.61 Å². The summed E-state index contributed by atoms with van der Waals surface area (Å²) in [5.41, 5.74) is 0.648. The zero-order chi connectivity index (χ0) is 7.49. The van der Waals surface area contributed by atoms with Crippen molar-refractivity contribution >= 4 is 34.8 Å². The lowest BCUT2D eigenvalue weighted by Gasteiger charge is -2.04. The van der Waals surface area contributed by atoms with Gasteiger partial charge in [-0.25, -0.2) is 0 Å². The SMILES string of the molecule is C/C(=C\C(Cl)(Cl)Cl)CO. The molecule has 0 bridgehead atoms. The molecule has 1 N–H and O–H groups in total. The van der Waals surface area contributed by atoms with Crippen LogP contribution in [0.5, 0.6) is 0 Å². The summed E-state index contributed by atoms with van der Waals surface area (Å²) in [6, 6.07) is 0. The Hall–Kier alpha value is 0.570. The van der Waals surface area contributed by atoms with Crippen LogP contribution in [0.1, 0.15) is 6.92 Å². The number of rotatable bonds is 1. The van der Waals surface area contributed by atoms with Gasteiger partial charge in [-0.3, -0.25) is 0 Å². The Balaban J connectivity index is 3.95. The average molecular weight is 189 g/mol. The van der Waals surface area contributed by atoms with Gasteiger partial charge < -0.3 is 5.11 Å². The molecule has 0 spiro atoms. The molecule has 0 amide bonds. The van der Waals surface area contributed by atoms with E-state index < -0.39 is 3.79 Å². The van der Waals surface area contributed by atoms with Crippen LogP contribution in [0, 0.1) is 0 Å². The van der Waals surface area contributed by atoms with Crippen LogP contribution in [0.2, 0.25) is 0 Å². The molecular weight excluding hydrogens is 182 g/mol. The molecule has 4 heteroatoms. The third-order valence-corrected chi connectivity index (χ3v) is 0.987. The first-order valence-corrected chi connectivity index (χ1v) is 3.45. The summed E-state index contributed by atoms with van der Waals surface area (Å²) in [6.07, 6.45) is 1.37. The van der Waals surface area contributed by atoms with E-state index in [0.29, 0.717) is 5.57 Å². The summed E-state index contributed by atoms with van der Waals surface area (Å²) in [5.74, 6) is 0. The maximum atomic E-state index is 8.45. The van der Waals surface area contributed by atoms with Gasteiger partial charge in [-0.2, -0.15) is 0 Å². The first-order chi connectivity index (χ1) is 3.95. The second kappa shape index (κ2) is 3.67. The second-order valence-corrected chi connectivity index (χ2v) is 4.06. The molecule has 0 aromatic rings.